The van der Waals surface area contributed by atoms with Crippen molar-refractivity contribution in [3.8, 4) is 10.6 Å². The van der Waals surface area contributed by atoms with Gasteiger partial charge in [-0.05, 0) is 30.4 Å². The van der Waals surface area contributed by atoms with E-state index in [2.05, 4.69) is 27.9 Å². The predicted molar refractivity (Wildman–Crippen MR) is 72.7 cm³/mol. The van der Waals surface area contributed by atoms with Crippen molar-refractivity contribution < 1.29 is 0 Å². The summed E-state index contributed by atoms with van der Waals surface area (Å²) in [5.41, 5.74) is 3.51. The summed E-state index contributed by atoms with van der Waals surface area (Å²) >= 11 is 3.47. The second-order valence-electron chi connectivity index (χ2n) is 4.38. The molecule has 84 valence electrons. The van der Waals surface area contributed by atoms with Gasteiger partial charge in [0, 0.05) is 23.1 Å². The van der Waals surface area contributed by atoms with Gasteiger partial charge >= 0.3 is 0 Å². The third-order valence-electron chi connectivity index (χ3n) is 3.07. The van der Waals surface area contributed by atoms with Crippen LogP contribution in [-0.4, -0.2) is 9.97 Å². The van der Waals surface area contributed by atoms with E-state index < -0.39 is 0 Å². The van der Waals surface area contributed by atoms with E-state index in [1.54, 1.807) is 22.7 Å². The number of aromatic nitrogens is 2. The summed E-state index contributed by atoms with van der Waals surface area (Å²) in [7, 11) is 0. The molecule has 0 aromatic carbocycles. The molecule has 0 saturated heterocycles. The highest BCUT2D eigenvalue weighted by Gasteiger charge is 2.26. The molecule has 0 N–H and O–H groups in total. The van der Waals surface area contributed by atoms with Crippen LogP contribution in [0, 0.1) is 0 Å². The first-order valence-corrected chi connectivity index (χ1v) is 7.45. The van der Waals surface area contributed by atoms with Gasteiger partial charge in [0.25, 0.3) is 0 Å². The van der Waals surface area contributed by atoms with Crippen LogP contribution in [0.2, 0.25) is 0 Å². The van der Waals surface area contributed by atoms with E-state index in [-0.39, 0.29) is 0 Å². The van der Waals surface area contributed by atoms with E-state index >= 15 is 0 Å². The molecule has 2 nitrogen and oxygen atoms in total. The largest absolute Gasteiger partial charge is 0.255 e. The lowest BCUT2D eigenvalue weighted by Crippen LogP contribution is -1.81. The maximum atomic E-state index is 4.72. The van der Waals surface area contributed by atoms with Gasteiger partial charge in [0.1, 0.15) is 5.01 Å². The zero-order valence-electron chi connectivity index (χ0n) is 9.09. The number of pyridine rings is 1. The molecule has 0 unspecified atom stereocenters. The summed E-state index contributed by atoms with van der Waals surface area (Å²) in [5.74, 6) is 0.735. The first kappa shape index (κ1) is 9.74. The van der Waals surface area contributed by atoms with Gasteiger partial charge in [-0.1, -0.05) is 0 Å². The number of fused-ring (bicyclic) bond motifs is 1. The summed E-state index contributed by atoms with van der Waals surface area (Å²) in [6.07, 6.45) is 4.56. The highest BCUT2D eigenvalue weighted by Crippen LogP contribution is 2.41. The molecule has 1 fully saturated rings. The maximum Gasteiger partial charge on any atom is 0.125 e. The van der Waals surface area contributed by atoms with Crippen molar-refractivity contribution in [2.24, 2.45) is 0 Å². The summed E-state index contributed by atoms with van der Waals surface area (Å²) < 4.78 is 1.24. The number of thiazole rings is 1. The van der Waals surface area contributed by atoms with Crippen LogP contribution in [0.25, 0.3) is 20.8 Å². The highest BCUT2D eigenvalue weighted by molar-refractivity contribution is 7.17. The molecule has 1 saturated carbocycles. The SMILES string of the molecule is c1cc2ncc(-c3nc(C4CC4)cs3)cc2s1. The monoisotopic (exact) mass is 258 g/mol. The van der Waals surface area contributed by atoms with Crippen molar-refractivity contribution in [1.82, 2.24) is 9.97 Å². The Morgan fingerprint density at radius 1 is 1.24 bits per heavy atom. The number of nitrogens with zero attached hydrogens (tertiary/aromatic N) is 2. The second-order valence-corrected chi connectivity index (χ2v) is 6.19. The molecule has 1 aliphatic rings. The van der Waals surface area contributed by atoms with E-state index in [0.29, 0.717) is 0 Å². The lowest BCUT2D eigenvalue weighted by atomic mass is 10.2. The van der Waals surface area contributed by atoms with E-state index in [4.69, 9.17) is 4.98 Å². The first-order chi connectivity index (χ1) is 8.40. The smallest absolute Gasteiger partial charge is 0.125 e. The molecule has 3 heterocycles. The lowest BCUT2D eigenvalue weighted by Gasteiger charge is -1.95. The summed E-state index contributed by atoms with van der Waals surface area (Å²) in [6.45, 7) is 0. The lowest BCUT2D eigenvalue weighted by molar-refractivity contribution is 1.05. The predicted octanol–water partition coefficient (Wildman–Crippen LogP) is 4.30. The molecular formula is C13H10N2S2. The minimum atomic E-state index is 0.735. The molecule has 0 atom stereocenters. The molecule has 1 aliphatic carbocycles. The molecule has 0 bridgehead atoms. The zero-order valence-corrected chi connectivity index (χ0v) is 10.7. The third kappa shape index (κ3) is 1.68. The van der Waals surface area contributed by atoms with Gasteiger partial charge in [-0.3, -0.25) is 4.98 Å². The van der Waals surface area contributed by atoms with Crippen molar-refractivity contribution in [2.75, 3.05) is 0 Å². The normalized spacial score (nSPS) is 15.5. The van der Waals surface area contributed by atoms with Crippen LogP contribution in [0.4, 0.5) is 0 Å². The Balaban J connectivity index is 1.80. The Morgan fingerprint density at radius 3 is 3.06 bits per heavy atom. The molecule has 0 aliphatic heterocycles. The zero-order chi connectivity index (χ0) is 11.2. The highest BCUT2D eigenvalue weighted by atomic mass is 32.1. The molecular weight excluding hydrogens is 248 g/mol. The van der Waals surface area contributed by atoms with E-state index in [1.165, 1.54) is 23.2 Å². The fourth-order valence-electron chi connectivity index (χ4n) is 1.95. The molecule has 17 heavy (non-hydrogen) atoms. The van der Waals surface area contributed by atoms with E-state index in [9.17, 15) is 0 Å². The molecule has 0 spiro atoms. The minimum absolute atomic E-state index is 0.735. The average Bonchev–Trinajstić information content (AvgIpc) is 2.93. The van der Waals surface area contributed by atoms with Crippen LogP contribution in [0.3, 0.4) is 0 Å². The van der Waals surface area contributed by atoms with Crippen molar-refractivity contribution in [3.63, 3.8) is 0 Å². The van der Waals surface area contributed by atoms with Crippen molar-refractivity contribution in [1.29, 1.82) is 0 Å². The van der Waals surface area contributed by atoms with Crippen molar-refractivity contribution >= 4 is 32.9 Å². The molecule has 3 aromatic rings. The van der Waals surface area contributed by atoms with Crippen LogP contribution >= 0.6 is 22.7 Å². The Bertz CT molecular complexity index is 679. The second kappa shape index (κ2) is 3.62. The fraction of sp³-hybridized carbons (Fsp3) is 0.231. The Hall–Kier alpha value is -1.26. The van der Waals surface area contributed by atoms with E-state index in [0.717, 1.165) is 22.0 Å². The molecule has 4 rings (SSSR count). The van der Waals surface area contributed by atoms with E-state index in [1.807, 2.05) is 6.20 Å². The fourth-order valence-corrected chi connectivity index (χ4v) is 3.61. The van der Waals surface area contributed by atoms with Gasteiger partial charge in [0.05, 0.1) is 15.9 Å². The van der Waals surface area contributed by atoms with Crippen LogP contribution in [0.5, 0.6) is 0 Å². The standard InChI is InChI=1S/C13H10N2S2/c1-2-8(1)11-7-17-13(15-11)9-5-12-10(14-6-9)3-4-16-12/h3-8H,1-2H2. The van der Waals surface area contributed by atoms with Crippen LogP contribution in [-0.2, 0) is 0 Å². The quantitative estimate of drug-likeness (QED) is 0.685. The van der Waals surface area contributed by atoms with Crippen molar-refractivity contribution in [3.05, 3.63) is 34.8 Å². The van der Waals surface area contributed by atoms with Gasteiger partial charge in [0.15, 0.2) is 0 Å². The molecule has 4 heteroatoms. The number of rotatable bonds is 2. The van der Waals surface area contributed by atoms with Crippen LogP contribution in [0.1, 0.15) is 24.5 Å². The molecule has 0 amide bonds. The third-order valence-corrected chi connectivity index (χ3v) is 4.83. The van der Waals surface area contributed by atoms with Crippen LogP contribution < -0.4 is 0 Å². The molecule has 0 radical (unpaired) electrons. The number of hydrogen-bond donors (Lipinski definition) is 0. The van der Waals surface area contributed by atoms with Gasteiger partial charge in [-0.15, -0.1) is 22.7 Å². The Kier molecular flexibility index (Phi) is 2.07. The van der Waals surface area contributed by atoms with Gasteiger partial charge in [-0.25, -0.2) is 4.98 Å². The topological polar surface area (TPSA) is 25.8 Å². The number of hydrogen-bond acceptors (Lipinski definition) is 4. The average molecular weight is 258 g/mol. The maximum absolute atomic E-state index is 4.72. The summed E-state index contributed by atoms with van der Waals surface area (Å²) in [5, 5.41) is 5.39. The summed E-state index contributed by atoms with van der Waals surface area (Å²) in [6, 6.07) is 4.25. The van der Waals surface area contributed by atoms with Gasteiger partial charge < -0.3 is 0 Å². The Morgan fingerprint density at radius 2 is 2.18 bits per heavy atom. The first-order valence-electron chi connectivity index (χ1n) is 5.69. The molecule has 3 aromatic heterocycles. The summed E-state index contributed by atoms with van der Waals surface area (Å²) in [4.78, 5) is 9.18. The minimum Gasteiger partial charge on any atom is -0.255 e. The van der Waals surface area contributed by atoms with Crippen molar-refractivity contribution in [2.45, 2.75) is 18.8 Å². The Labute approximate surface area is 107 Å². The van der Waals surface area contributed by atoms with Gasteiger partial charge in [0.2, 0.25) is 0 Å². The van der Waals surface area contributed by atoms with Crippen LogP contribution in [0.15, 0.2) is 29.1 Å². The van der Waals surface area contributed by atoms with Gasteiger partial charge in [-0.2, -0.15) is 0 Å². The number of thiophene rings is 1.